The minimum Gasteiger partial charge on any atom is -0.370 e. The van der Waals surface area contributed by atoms with E-state index in [1.165, 1.54) is 0 Å². The van der Waals surface area contributed by atoms with Gasteiger partial charge in [0, 0.05) is 0 Å². The topological polar surface area (TPSA) is 64.4 Å². The lowest BCUT2D eigenvalue weighted by Gasteiger charge is -2.03. The average molecular weight is 184 g/mol. The summed E-state index contributed by atoms with van der Waals surface area (Å²) in [5.74, 6) is -0.00106. The first kappa shape index (κ1) is 8.87. The van der Waals surface area contributed by atoms with Crippen molar-refractivity contribution < 1.29 is 0 Å². The summed E-state index contributed by atoms with van der Waals surface area (Å²) < 4.78 is 0. The molecule has 0 aliphatic heterocycles. The number of nitrogens with two attached hydrogens (primary N) is 2. The maximum Gasteiger partial charge on any atom is 0.187 e. The molecular weight excluding hydrogens is 174 g/mol. The van der Waals surface area contributed by atoms with Gasteiger partial charge in [0.15, 0.2) is 11.5 Å². The second-order valence-electron chi connectivity index (χ2n) is 2.30. The van der Waals surface area contributed by atoms with Crippen LogP contribution in [0, 0.1) is 0 Å². The third-order valence-corrected chi connectivity index (χ3v) is 1.69. The molecule has 3 nitrogen and oxygen atoms in total. The summed E-state index contributed by atoms with van der Waals surface area (Å²) in [6.45, 7) is 0. The van der Waals surface area contributed by atoms with Crippen molar-refractivity contribution in [1.82, 2.24) is 0 Å². The fourth-order valence-corrected chi connectivity index (χ4v) is 1.08. The van der Waals surface area contributed by atoms with E-state index >= 15 is 0 Å². The third kappa shape index (κ3) is 2.43. The Morgan fingerprint density at radius 2 is 1.83 bits per heavy atom. The molecule has 1 unspecified atom stereocenters. The summed E-state index contributed by atoms with van der Waals surface area (Å²) in [7, 11) is 0. The highest BCUT2D eigenvalue weighted by molar-refractivity contribution is 6.21. The van der Waals surface area contributed by atoms with Crippen LogP contribution in [0.25, 0.3) is 0 Å². The van der Waals surface area contributed by atoms with Gasteiger partial charge in [-0.05, 0) is 5.56 Å². The van der Waals surface area contributed by atoms with E-state index in [1.807, 2.05) is 30.3 Å². The SMILES string of the molecule is NC(N)=NC(Cl)c1ccccc1. The molecular formula is C8H10ClN3. The molecule has 0 heterocycles. The fourth-order valence-electron chi connectivity index (χ4n) is 0.817. The predicted molar refractivity (Wildman–Crippen MR) is 50.8 cm³/mol. The standard InChI is InChI=1S/C8H10ClN3/c9-7(12-8(10)11)6-4-2-1-3-5-6/h1-5,7H,(H4,10,11,12). The number of hydrogen-bond acceptors (Lipinski definition) is 1. The van der Waals surface area contributed by atoms with Crippen LogP contribution in [0.5, 0.6) is 0 Å². The molecule has 4 N–H and O–H groups in total. The smallest absolute Gasteiger partial charge is 0.187 e. The van der Waals surface area contributed by atoms with Crippen molar-refractivity contribution in [3.63, 3.8) is 0 Å². The minimum absolute atomic E-state index is 0.00106. The Labute approximate surface area is 76.0 Å². The summed E-state index contributed by atoms with van der Waals surface area (Å²) in [5, 5.41) is 0. The minimum atomic E-state index is -0.490. The van der Waals surface area contributed by atoms with Crippen LogP contribution in [0.1, 0.15) is 11.1 Å². The summed E-state index contributed by atoms with van der Waals surface area (Å²) >= 11 is 5.85. The predicted octanol–water partition coefficient (Wildman–Crippen LogP) is 1.20. The molecule has 0 saturated carbocycles. The van der Waals surface area contributed by atoms with Gasteiger partial charge in [0.25, 0.3) is 0 Å². The van der Waals surface area contributed by atoms with E-state index in [0.29, 0.717) is 0 Å². The Morgan fingerprint density at radius 1 is 1.25 bits per heavy atom. The van der Waals surface area contributed by atoms with Gasteiger partial charge in [0.2, 0.25) is 0 Å². The first-order valence-electron chi connectivity index (χ1n) is 3.48. The van der Waals surface area contributed by atoms with Crippen molar-refractivity contribution in [1.29, 1.82) is 0 Å². The van der Waals surface area contributed by atoms with Crippen LogP contribution >= 0.6 is 11.6 Å². The van der Waals surface area contributed by atoms with Gasteiger partial charge < -0.3 is 11.5 Å². The number of rotatable bonds is 2. The number of aliphatic imine (C=N–C) groups is 1. The highest BCUT2D eigenvalue weighted by Crippen LogP contribution is 2.20. The molecule has 64 valence electrons. The van der Waals surface area contributed by atoms with Gasteiger partial charge in [-0.3, -0.25) is 0 Å². The summed E-state index contributed by atoms with van der Waals surface area (Å²) in [6, 6.07) is 9.40. The Balaban J connectivity index is 2.79. The molecule has 1 rings (SSSR count). The van der Waals surface area contributed by atoms with E-state index in [4.69, 9.17) is 23.1 Å². The number of benzene rings is 1. The van der Waals surface area contributed by atoms with Gasteiger partial charge in [0.1, 0.15) is 0 Å². The van der Waals surface area contributed by atoms with Gasteiger partial charge >= 0.3 is 0 Å². The molecule has 1 aromatic carbocycles. The Morgan fingerprint density at radius 3 is 2.33 bits per heavy atom. The highest BCUT2D eigenvalue weighted by Gasteiger charge is 2.03. The lowest BCUT2D eigenvalue weighted by atomic mass is 10.2. The van der Waals surface area contributed by atoms with Crippen LogP contribution in [0.15, 0.2) is 35.3 Å². The molecule has 4 heteroatoms. The van der Waals surface area contributed by atoms with E-state index < -0.39 is 5.50 Å². The van der Waals surface area contributed by atoms with Crippen LogP contribution in [0.4, 0.5) is 0 Å². The molecule has 0 aromatic heterocycles. The molecule has 0 aliphatic carbocycles. The monoisotopic (exact) mass is 183 g/mol. The van der Waals surface area contributed by atoms with E-state index in [1.54, 1.807) is 0 Å². The molecule has 0 bridgehead atoms. The number of guanidine groups is 1. The van der Waals surface area contributed by atoms with Gasteiger partial charge in [-0.25, -0.2) is 4.99 Å². The highest BCUT2D eigenvalue weighted by atomic mass is 35.5. The van der Waals surface area contributed by atoms with E-state index in [-0.39, 0.29) is 5.96 Å². The van der Waals surface area contributed by atoms with Gasteiger partial charge in [-0.15, -0.1) is 0 Å². The molecule has 0 amide bonds. The zero-order valence-electron chi connectivity index (χ0n) is 6.44. The molecule has 0 saturated heterocycles. The first-order valence-corrected chi connectivity index (χ1v) is 3.91. The third-order valence-electron chi connectivity index (χ3n) is 1.34. The largest absolute Gasteiger partial charge is 0.370 e. The van der Waals surface area contributed by atoms with E-state index in [0.717, 1.165) is 5.56 Å². The second kappa shape index (κ2) is 3.97. The number of hydrogen-bond donors (Lipinski definition) is 2. The normalized spacial score (nSPS) is 12.1. The molecule has 1 atom stereocenters. The summed E-state index contributed by atoms with van der Waals surface area (Å²) in [6.07, 6.45) is 0. The Kier molecular flexibility index (Phi) is 2.94. The van der Waals surface area contributed by atoms with Crippen molar-refractivity contribution in [2.45, 2.75) is 5.50 Å². The molecule has 0 spiro atoms. The van der Waals surface area contributed by atoms with Crippen LogP contribution in [0.2, 0.25) is 0 Å². The second-order valence-corrected chi connectivity index (χ2v) is 2.71. The zero-order valence-corrected chi connectivity index (χ0v) is 7.20. The quantitative estimate of drug-likeness (QED) is 0.313. The molecule has 12 heavy (non-hydrogen) atoms. The molecule has 1 aromatic rings. The van der Waals surface area contributed by atoms with Crippen LogP contribution in [-0.2, 0) is 0 Å². The van der Waals surface area contributed by atoms with Gasteiger partial charge in [-0.2, -0.15) is 0 Å². The summed E-state index contributed by atoms with van der Waals surface area (Å²) in [4.78, 5) is 3.79. The molecule has 0 aliphatic rings. The van der Waals surface area contributed by atoms with Crippen LogP contribution in [0.3, 0.4) is 0 Å². The van der Waals surface area contributed by atoms with Crippen molar-refractivity contribution in [2.24, 2.45) is 16.5 Å². The van der Waals surface area contributed by atoms with Crippen molar-refractivity contribution >= 4 is 17.6 Å². The lowest BCUT2D eigenvalue weighted by molar-refractivity contribution is 1.01. The number of nitrogens with zero attached hydrogens (tertiary/aromatic N) is 1. The van der Waals surface area contributed by atoms with Crippen LogP contribution < -0.4 is 11.5 Å². The number of halogens is 1. The van der Waals surface area contributed by atoms with Gasteiger partial charge in [-0.1, -0.05) is 41.9 Å². The average Bonchev–Trinajstić information content (AvgIpc) is 2.05. The van der Waals surface area contributed by atoms with Crippen molar-refractivity contribution in [3.8, 4) is 0 Å². The summed E-state index contributed by atoms with van der Waals surface area (Å²) in [5.41, 5.74) is 10.7. The van der Waals surface area contributed by atoms with E-state index in [2.05, 4.69) is 4.99 Å². The van der Waals surface area contributed by atoms with Gasteiger partial charge in [0.05, 0.1) is 0 Å². The van der Waals surface area contributed by atoms with Crippen molar-refractivity contribution in [2.75, 3.05) is 0 Å². The maximum absolute atomic E-state index is 5.85. The molecule has 0 fully saturated rings. The van der Waals surface area contributed by atoms with Crippen molar-refractivity contribution in [3.05, 3.63) is 35.9 Å². The van der Waals surface area contributed by atoms with E-state index in [9.17, 15) is 0 Å². The Bertz CT molecular complexity index is 267. The first-order chi connectivity index (χ1) is 5.70. The maximum atomic E-state index is 5.85. The number of alkyl halides is 1. The van der Waals surface area contributed by atoms with Crippen LogP contribution in [-0.4, -0.2) is 5.96 Å². The molecule has 0 radical (unpaired) electrons. The zero-order chi connectivity index (χ0) is 8.97. The Hall–Kier alpha value is -1.22. The lowest BCUT2D eigenvalue weighted by Crippen LogP contribution is -2.23. The fraction of sp³-hybridized carbons (Fsp3) is 0.125.